The molecule has 0 saturated carbocycles. The van der Waals surface area contributed by atoms with Crippen LogP contribution in [-0.2, 0) is 13.0 Å². The smallest absolute Gasteiger partial charge is 0.107 e. The molecule has 2 nitrogen and oxygen atoms in total. The second-order valence-electron chi connectivity index (χ2n) is 5.04. The average molecular weight is 373 g/mol. The molecule has 0 saturated heterocycles. The fourth-order valence-corrected chi connectivity index (χ4v) is 3.37. The van der Waals surface area contributed by atoms with Gasteiger partial charge < -0.3 is 5.32 Å². The van der Waals surface area contributed by atoms with Crippen LogP contribution < -0.4 is 5.32 Å². The third kappa shape index (κ3) is 4.26. The van der Waals surface area contributed by atoms with Gasteiger partial charge in [-0.05, 0) is 36.2 Å². The van der Waals surface area contributed by atoms with Gasteiger partial charge in [0.25, 0.3) is 0 Å². The molecule has 4 heteroatoms. The van der Waals surface area contributed by atoms with E-state index in [1.54, 1.807) is 11.3 Å². The molecule has 0 unspecified atom stereocenters. The van der Waals surface area contributed by atoms with Gasteiger partial charge >= 0.3 is 0 Å². The highest BCUT2D eigenvalue weighted by Crippen LogP contribution is 2.27. The molecule has 0 aliphatic rings. The molecule has 112 valence electrons. The van der Waals surface area contributed by atoms with Crippen molar-refractivity contribution in [2.24, 2.45) is 0 Å². The maximum atomic E-state index is 4.50. The van der Waals surface area contributed by atoms with Gasteiger partial charge in [-0.25, -0.2) is 4.98 Å². The van der Waals surface area contributed by atoms with Crippen LogP contribution in [0.4, 0.5) is 0 Å². The Morgan fingerprint density at radius 1 is 1.00 bits per heavy atom. The van der Waals surface area contributed by atoms with Crippen LogP contribution in [0.2, 0.25) is 0 Å². The van der Waals surface area contributed by atoms with Gasteiger partial charge in [0.15, 0.2) is 0 Å². The largest absolute Gasteiger partial charge is 0.310 e. The number of rotatable bonds is 6. The molecule has 1 heterocycles. The predicted octanol–water partition coefficient (Wildman–Crippen LogP) is 4.90. The van der Waals surface area contributed by atoms with Crippen molar-refractivity contribution < 1.29 is 0 Å². The third-order valence-corrected chi connectivity index (χ3v) is 4.97. The Morgan fingerprint density at radius 3 is 2.55 bits per heavy atom. The van der Waals surface area contributed by atoms with E-state index in [0.717, 1.165) is 29.0 Å². The highest BCUT2D eigenvalue weighted by atomic mass is 79.9. The summed E-state index contributed by atoms with van der Waals surface area (Å²) >= 11 is 5.21. The van der Waals surface area contributed by atoms with Crippen LogP contribution in [0.15, 0.2) is 65.3 Å². The monoisotopic (exact) mass is 372 g/mol. The molecular weight excluding hydrogens is 356 g/mol. The first-order valence-electron chi connectivity index (χ1n) is 7.26. The van der Waals surface area contributed by atoms with Crippen LogP contribution >= 0.6 is 27.3 Å². The summed E-state index contributed by atoms with van der Waals surface area (Å²) in [5.41, 5.74) is 2.58. The van der Waals surface area contributed by atoms with Crippen molar-refractivity contribution >= 4 is 27.3 Å². The number of hydrogen-bond acceptors (Lipinski definition) is 3. The number of halogens is 1. The molecule has 2 aromatic carbocycles. The summed E-state index contributed by atoms with van der Waals surface area (Å²) in [5.74, 6) is 0. The summed E-state index contributed by atoms with van der Waals surface area (Å²) in [6, 6.07) is 18.9. The van der Waals surface area contributed by atoms with E-state index in [2.05, 4.69) is 80.8 Å². The molecule has 0 amide bonds. The molecule has 0 bridgehead atoms. The van der Waals surface area contributed by atoms with Crippen molar-refractivity contribution in [2.75, 3.05) is 6.54 Å². The predicted molar refractivity (Wildman–Crippen MR) is 97.1 cm³/mol. The van der Waals surface area contributed by atoms with Gasteiger partial charge in [0.1, 0.15) is 5.01 Å². The Labute approximate surface area is 143 Å². The van der Waals surface area contributed by atoms with Crippen LogP contribution in [0, 0.1) is 0 Å². The van der Waals surface area contributed by atoms with E-state index in [0.29, 0.717) is 0 Å². The van der Waals surface area contributed by atoms with Gasteiger partial charge in [-0.15, -0.1) is 11.3 Å². The summed E-state index contributed by atoms with van der Waals surface area (Å²) in [7, 11) is 0. The summed E-state index contributed by atoms with van der Waals surface area (Å²) in [6.07, 6.45) is 3.01. The van der Waals surface area contributed by atoms with E-state index in [9.17, 15) is 0 Å². The molecule has 0 spiro atoms. The second-order valence-corrected chi connectivity index (χ2v) is 7.07. The number of thiazole rings is 1. The molecule has 3 rings (SSSR count). The Balaban J connectivity index is 1.50. The number of benzene rings is 2. The van der Waals surface area contributed by atoms with Crippen LogP contribution in [0.5, 0.6) is 0 Å². The van der Waals surface area contributed by atoms with Crippen molar-refractivity contribution in [3.05, 3.63) is 75.8 Å². The average Bonchev–Trinajstić information content (AvgIpc) is 3.02. The topological polar surface area (TPSA) is 24.9 Å². The second kappa shape index (κ2) is 7.68. The quantitative estimate of drug-likeness (QED) is 0.622. The lowest BCUT2D eigenvalue weighted by molar-refractivity contribution is 0.684. The molecule has 0 fully saturated rings. The van der Waals surface area contributed by atoms with Gasteiger partial charge in [0.05, 0.1) is 4.88 Å². The highest BCUT2D eigenvalue weighted by molar-refractivity contribution is 9.10. The molecular formula is C18H17BrN2S. The first kappa shape index (κ1) is 15.4. The van der Waals surface area contributed by atoms with Gasteiger partial charge in [-0.1, -0.05) is 58.4 Å². The molecule has 0 aliphatic heterocycles. The first-order chi connectivity index (χ1) is 10.8. The summed E-state index contributed by atoms with van der Waals surface area (Å²) in [6.45, 7) is 1.80. The minimum atomic E-state index is 0.827. The third-order valence-electron chi connectivity index (χ3n) is 3.39. The van der Waals surface area contributed by atoms with Gasteiger partial charge in [-0.2, -0.15) is 0 Å². The fraction of sp³-hybridized carbons (Fsp3) is 0.167. The number of aromatic nitrogens is 1. The Morgan fingerprint density at radius 2 is 1.77 bits per heavy atom. The minimum absolute atomic E-state index is 0.827. The summed E-state index contributed by atoms with van der Waals surface area (Å²) in [5, 5.41) is 4.60. The van der Waals surface area contributed by atoms with E-state index >= 15 is 0 Å². The lowest BCUT2D eigenvalue weighted by Crippen LogP contribution is -2.16. The Hall–Kier alpha value is -1.49. The summed E-state index contributed by atoms with van der Waals surface area (Å²) in [4.78, 5) is 5.72. The van der Waals surface area contributed by atoms with E-state index in [1.165, 1.54) is 16.0 Å². The van der Waals surface area contributed by atoms with Gasteiger partial charge in [-0.3, -0.25) is 0 Å². The van der Waals surface area contributed by atoms with Gasteiger partial charge in [0, 0.05) is 17.2 Å². The molecule has 22 heavy (non-hydrogen) atoms. The SMILES string of the molecule is Brc1ccc(-c2cnc(CNCCc3ccccc3)s2)cc1. The molecule has 0 aliphatic carbocycles. The van der Waals surface area contributed by atoms with Crippen LogP contribution in [0.3, 0.4) is 0 Å². The van der Waals surface area contributed by atoms with E-state index in [1.807, 2.05) is 6.20 Å². The van der Waals surface area contributed by atoms with E-state index in [4.69, 9.17) is 0 Å². The van der Waals surface area contributed by atoms with Crippen LogP contribution in [0.25, 0.3) is 10.4 Å². The fourth-order valence-electron chi connectivity index (χ4n) is 2.21. The lowest BCUT2D eigenvalue weighted by atomic mass is 10.1. The highest BCUT2D eigenvalue weighted by Gasteiger charge is 2.04. The molecule has 3 aromatic rings. The number of hydrogen-bond donors (Lipinski definition) is 1. The number of nitrogens with one attached hydrogen (secondary N) is 1. The van der Waals surface area contributed by atoms with E-state index < -0.39 is 0 Å². The van der Waals surface area contributed by atoms with Crippen LogP contribution in [-0.4, -0.2) is 11.5 Å². The molecule has 0 atom stereocenters. The first-order valence-corrected chi connectivity index (χ1v) is 8.87. The van der Waals surface area contributed by atoms with Crippen molar-refractivity contribution in [1.29, 1.82) is 0 Å². The Kier molecular flexibility index (Phi) is 5.38. The van der Waals surface area contributed by atoms with Gasteiger partial charge in [0.2, 0.25) is 0 Å². The molecule has 0 radical (unpaired) electrons. The lowest BCUT2D eigenvalue weighted by Gasteiger charge is -2.02. The minimum Gasteiger partial charge on any atom is -0.310 e. The van der Waals surface area contributed by atoms with Crippen molar-refractivity contribution in [1.82, 2.24) is 10.3 Å². The van der Waals surface area contributed by atoms with Crippen molar-refractivity contribution in [2.45, 2.75) is 13.0 Å². The zero-order chi connectivity index (χ0) is 15.2. The maximum absolute atomic E-state index is 4.50. The number of nitrogens with zero attached hydrogens (tertiary/aromatic N) is 1. The van der Waals surface area contributed by atoms with E-state index in [-0.39, 0.29) is 0 Å². The zero-order valence-corrected chi connectivity index (χ0v) is 14.5. The zero-order valence-electron chi connectivity index (χ0n) is 12.1. The normalized spacial score (nSPS) is 10.8. The molecule has 1 aromatic heterocycles. The van der Waals surface area contributed by atoms with Crippen LogP contribution in [0.1, 0.15) is 10.6 Å². The Bertz CT molecular complexity index is 707. The van der Waals surface area contributed by atoms with Crippen molar-refractivity contribution in [3.8, 4) is 10.4 Å². The van der Waals surface area contributed by atoms with Crippen molar-refractivity contribution in [3.63, 3.8) is 0 Å². The summed E-state index contributed by atoms with van der Waals surface area (Å²) < 4.78 is 1.10. The standard InChI is InChI=1S/C18H17BrN2S/c19-16-8-6-15(7-9-16)17-12-21-18(22-17)13-20-11-10-14-4-2-1-3-5-14/h1-9,12,20H,10-11,13H2. The maximum Gasteiger partial charge on any atom is 0.107 e. The molecule has 1 N–H and O–H groups in total.